The molecule has 1 atom stereocenters. The van der Waals surface area contributed by atoms with Crippen LogP contribution in [0.3, 0.4) is 0 Å². The van der Waals surface area contributed by atoms with Gasteiger partial charge in [0.2, 0.25) is 5.78 Å². The van der Waals surface area contributed by atoms with Gasteiger partial charge in [0.1, 0.15) is 11.2 Å². The SMILES string of the molecule is C=C=C/C=C(\N=C(C)C(C)CC(C)(C)C/C(=C/CCC)C(=O)c1cc2nc(-c3ccc(Cl)c(CC)c3)cc(C(C)(C)C)c2o1)C(=O)O. The van der Waals surface area contributed by atoms with Crippen molar-refractivity contribution in [3.63, 3.8) is 0 Å². The van der Waals surface area contributed by atoms with E-state index in [0.717, 1.165) is 46.7 Å². The Hall–Kier alpha value is -3.99. The summed E-state index contributed by atoms with van der Waals surface area (Å²) in [4.78, 5) is 35.2. The number of halogens is 1. The molecule has 2 heterocycles. The van der Waals surface area contributed by atoms with Gasteiger partial charge in [-0.1, -0.05) is 92.1 Å². The summed E-state index contributed by atoms with van der Waals surface area (Å²) in [7, 11) is 0. The number of carboxylic acids is 1. The molecular weight excluding hydrogens is 608 g/mol. The number of aryl methyl sites for hydroxylation is 1. The van der Waals surface area contributed by atoms with E-state index in [4.69, 9.17) is 21.0 Å². The lowest BCUT2D eigenvalue weighted by Gasteiger charge is -2.29. The maximum atomic E-state index is 14.2. The molecule has 0 amide bonds. The molecule has 0 aliphatic carbocycles. The minimum absolute atomic E-state index is 0.0211. The molecule has 6 nitrogen and oxygen atoms in total. The summed E-state index contributed by atoms with van der Waals surface area (Å²) in [5.74, 6) is -1.00. The minimum atomic E-state index is -1.11. The Kier molecular flexibility index (Phi) is 12.5. The van der Waals surface area contributed by atoms with E-state index in [1.54, 1.807) is 6.07 Å². The van der Waals surface area contributed by atoms with E-state index in [2.05, 4.69) is 77.9 Å². The summed E-state index contributed by atoms with van der Waals surface area (Å²) in [6, 6.07) is 9.80. The summed E-state index contributed by atoms with van der Waals surface area (Å²) in [6.45, 7) is 22.1. The molecule has 0 fully saturated rings. The fraction of sp³-hybridized carbons (Fsp3) is 0.425. The molecule has 0 aliphatic heterocycles. The Morgan fingerprint density at radius 3 is 2.45 bits per heavy atom. The van der Waals surface area contributed by atoms with Gasteiger partial charge in [-0.3, -0.25) is 9.79 Å². The Morgan fingerprint density at radius 1 is 1.15 bits per heavy atom. The van der Waals surface area contributed by atoms with Gasteiger partial charge in [-0.15, -0.1) is 5.73 Å². The van der Waals surface area contributed by atoms with Crippen LogP contribution in [0.1, 0.15) is 110 Å². The highest BCUT2D eigenvalue weighted by atomic mass is 35.5. The Morgan fingerprint density at radius 2 is 1.85 bits per heavy atom. The first kappa shape index (κ1) is 37.5. The van der Waals surface area contributed by atoms with Crippen LogP contribution in [0.4, 0.5) is 0 Å². The highest BCUT2D eigenvalue weighted by molar-refractivity contribution is 6.31. The van der Waals surface area contributed by atoms with Gasteiger partial charge in [0.25, 0.3) is 0 Å². The molecule has 0 spiro atoms. The van der Waals surface area contributed by atoms with Gasteiger partial charge in [0.05, 0.1) is 5.69 Å². The van der Waals surface area contributed by atoms with E-state index >= 15 is 0 Å². The number of carbonyl (C=O) groups excluding carboxylic acids is 1. The van der Waals surface area contributed by atoms with E-state index < -0.39 is 5.97 Å². The number of aliphatic imine (C=N–C) groups is 1. The predicted molar refractivity (Wildman–Crippen MR) is 195 cm³/mol. The standard InChI is InChI=1S/C40H49ClN2O4/c1-11-14-16-29(24-40(9,10)23-25(4)26(5)42-32(38(45)46)17-15-12-2)36(44)35-22-34-37(47-35)30(39(6,7)8)21-33(43-34)28-18-19-31(41)27(13-3)20-28/h15-22,25H,2,11,13-14,23-24H2,1,3-10H3,(H,45,46)/b29-16-,32-17-,42-26?. The van der Waals surface area contributed by atoms with E-state index in [1.807, 2.05) is 32.1 Å². The number of nitrogens with zero attached hydrogens (tertiary/aromatic N) is 2. The van der Waals surface area contributed by atoms with Crippen molar-refractivity contribution in [2.45, 2.75) is 99.8 Å². The van der Waals surface area contributed by atoms with Crippen LogP contribution >= 0.6 is 11.6 Å². The highest BCUT2D eigenvalue weighted by Crippen LogP contribution is 2.38. The zero-order chi connectivity index (χ0) is 35.1. The number of furan rings is 1. The number of allylic oxidation sites excluding steroid dienone is 4. The Balaban J connectivity index is 2.00. The van der Waals surface area contributed by atoms with Crippen LogP contribution in [0.25, 0.3) is 22.4 Å². The topological polar surface area (TPSA) is 92.8 Å². The summed E-state index contributed by atoms with van der Waals surface area (Å²) in [5.41, 5.74) is 8.41. The zero-order valence-electron chi connectivity index (χ0n) is 29.4. The van der Waals surface area contributed by atoms with Gasteiger partial charge in [0.15, 0.2) is 11.3 Å². The van der Waals surface area contributed by atoms with E-state index in [0.29, 0.717) is 35.2 Å². The van der Waals surface area contributed by atoms with Gasteiger partial charge in [-0.05, 0) is 90.8 Å². The average molecular weight is 657 g/mol. The smallest absolute Gasteiger partial charge is 0.354 e. The molecule has 0 saturated carbocycles. The molecule has 250 valence electrons. The zero-order valence-corrected chi connectivity index (χ0v) is 30.1. The first-order valence-electron chi connectivity index (χ1n) is 16.3. The monoisotopic (exact) mass is 656 g/mol. The van der Waals surface area contributed by atoms with Crippen LogP contribution in [-0.4, -0.2) is 27.6 Å². The number of fused-ring (bicyclic) bond motifs is 1. The van der Waals surface area contributed by atoms with Crippen molar-refractivity contribution in [2.24, 2.45) is 16.3 Å². The summed E-state index contributed by atoms with van der Waals surface area (Å²) >= 11 is 6.41. The quantitative estimate of drug-likeness (QED) is 0.0612. The highest BCUT2D eigenvalue weighted by Gasteiger charge is 2.30. The number of hydrogen-bond donors (Lipinski definition) is 1. The maximum Gasteiger partial charge on any atom is 0.354 e. The fourth-order valence-electron chi connectivity index (χ4n) is 5.72. The van der Waals surface area contributed by atoms with Gasteiger partial charge >= 0.3 is 5.97 Å². The molecule has 1 unspecified atom stereocenters. The first-order valence-corrected chi connectivity index (χ1v) is 16.7. The fourth-order valence-corrected chi connectivity index (χ4v) is 5.98. The maximum absolute atomic E-state index is 14.2. The average Bonchev–Trinajstić information content (AvgIpc) is 3.43. The number of rotatable bonds is 14. The third-order valence-corrected chi connectivity index (χ3v) is 8.69. The molecule has 1 N–H and O–H groups in total. The van der Waals surface area contributed by atoms with Crippen LogP contribution in [0.15, 0.2) is 81.5 Å². The minimum Gasteiger partial charge on any atom is -0.477 e. The van der Waals surface area contributed by atoms with Crippen molar-refractivity contribution in [3.8, 4) is 11.3 Å². The van der Waals surface area contributed by atoms with Crippen molar-refractivity contribution in [1.82, 2.24) is 4.98 Å². The molecule has 3 aromatic rings. The van der Waals surface area contributed by atoms with Crippen molar-refractivity contribution in [2.75, 3.05) is 0 Å². The molecule has 2 aromatic heterocycles. The lowest BCUT2D eigenvalue weighted by atomic mass is 9.76. The number of hydrogen-bond acceptors (Lipinski definition) is 5. The largest absolute Gasteiger partial charge is 0.477 e. The summed E-state index contributed by atoms with van der Waals surface area (Å²) in [6.07, 6.45) is 8.55. The van der Waals surface area contributed by atoms with Crippen LogP contribution in [-0.2, 0) is 16.6 Å². The lowest BCUT2D eigenvalue weighted by molar-refractivity contribution is -0.132. The number of pyridine rings is 1. The number of carboxylic acid groups (broad SMARTS) is 1. The van der Waals surface area contributed by atoms with Gasteiger partial charge < -0.3 is 9.52 Å². The molecule has 1 aromatic carbocycles. The Bertz CT molecular complexity index is 1780. The number of carbonyl (C=O) groups is 2. The van der Waals surface area contributed by atoms with Crippen molar-refractivity contribution in [1.29, 1.82) is 0 Å². The van der Waals surface area contributed by atoms with E-state index in [-0.39, 0.29) is 34.0 Å². The third-order valence-electron chi connectivity index (χ3n) is 8.32. The summed E-state index contributed by atoms with van der Waals surface area (Å²) < 4.78 is 6.37. The predicted octanol–water partition coefficient (Wildman–Crippen LogP) is 11.1. The number of ketones is 1. The van der Waals surface area contributed by atoms with E-state index in [1.165, 1.54) is 12.2 Å². The molecule has 0 bridgehead atoms. The van der Waals surface area contributed by atoms with Gasteiger partial charge in [0, 0.05) is 27.9 Å². The van der Waals surface area contributed by atoms with Crippen LogP contribution < -0.4 is 0 Å². The lowest BCUT2D eigenvalue weighted by Crippen LogP contribution is -2.22. The number of Topliss-reactive ketones (excluding diaryl/α,β-unsaturated/α-hetero) is 1. The van der Waals surface area contributed by atoms with Crippen LogP contribution in [0, 0.1) is 11.3 Å². The molecule has 3 rings (SSSR count). The second-order valence-electron chi connectivity index (χ2n) is 14.1. The van der Waals surface area contributed by atoms with Crippen molar-refractivity contribution in [3.05, 3.63) is 94.0 Å². The molecular formula is C40H49ClN2O4. The Labute approximate surface area is 285 Å². The normalized spacial score (nSPS) is 13.9. The van der Waals surface area contributed by atoms with Crippen molar-refractivity contribution < 1.29 is 19.1 Å². The molecule has 0 aliphatic rings. The number of aromatic nitrogens is 1. The molecule has 47 heavy (non-hydrogen) atoms. The van der Waals surface area contributed by atoms with Gasteiger partial charge in [-0.25, -0.2) is 9.78 Å². The summed E-state index contributed by atoms with van der Waals surface area (Å²) in [5, 5.41) is 10.3. The van der Waals surface area contributed by atoms with E-state index in [9.17, 15) is 14.7 Å². The molecule has 7 heteroatoms. The second kappa shape index (κ2) is 15.7. The van der Waals surface area contributed by atoms with Crippen molar-refractivity contribution >= 4 is 40.2 Å². The number of unbranched alkanes of at least 4 members (excludes halogenated alkanes) is 1. The second-order valence-corrected chi connectivity index (χ2v) is 14.5. The molecule has 0 saturated heterocycles. The van der Waals surface area contributed by atoms with Crippen LogP contribution in [0.2, 0.25) is 5.02 Å². The third kappa shape index (κ3) is 9.76. The van der Waals surface area contributed by atoms with Crippen LogP contribution in [0.5, 0.6) is 0 Å². The first-order chi connectivity index (χ1) is 22.0. The molecule has 0 radical (unpaired) electrons. The number of aliphatic carboxylic acids is 1. The number of benzene rings is 1. The van der Waals surface area contributed by atoms with Gasteiger partial charge in [-0.2, -0.15) is 0 Å².